The lowest BCUT2D eigenvalue weighted by Crippen LogP contribution is -2.52. The molecule has 0 bridgehead atoms. The highest BCUT2D eigenvalue weighted by Gasteiger charge is 2.50. The number of aliphatic hydroxyl groups excluding tert-OH is 1. The average molecular weight is 352 g/mol. The second-order valence-electron chi connectivity index (χ2n) is 7.52. The Morgan fingerprint density at radius 3 is 2.69 bits per heavy atom. The smallest absolute Gasteiger partial charge is 0.257 e. The highest BCUT2D eigenvalue weighted by molar-refractivity contribution is 5.93. The van der Waals surface area contributed by atoms with Crippen molar-refractivity contribution in [2.45, 2.75) is 13.0 Å². The van der Waals surface area contributed by atoms with Crippen molar-refractivity contribution in [1.29, 1.82) is 0 Å². The lowest BCUT2D eigenvalue weighted by atomic mass is 9.74. The van der Waals surface area contributed by atoms with E-state index in [-0.39, 0.29) is 17.9 Å². The molecule has 0 radical (unpaired) electrons. The maximum atomic E-state index is 12.8. The van der Waals surface area contributed by atoms with Gasteiger partial charge >= 0.3 is 0 Å². The molecule has 3 heterocycles. The molecule has 6 nitrogen and oxygen atoms in total. The van der Waals surface area contributed by atoms with Gasteiger partial charge < -0.3 is 10.0 Å². The number of piperidine rings is 1. The summed E-state index contributed by atoms with van der Waals surface area (Å²) in [5.74, 6) is 0.380. The molecule has 2 unspecified atom stereocenters. The van der Waals surface area contributed by atoms with Crippen molar-refractivity contribution >= 4 is 5.91 Å². The van der Waals surface area contributed by atoms with E-state index < -0.39 is 0 Å². The highest BCUT2D eigenvalue weighted by Crippen LogP contribution is 2.42. The summed E-state index contributed by atoms with van der Waals surface area (Å²) in [6.45, 7) is 4.11. The van der Waals surface area contributed by atoms with E-state index in [9.17, 15) is 9.90 Å². The van der Waals surface area contributed by atoms with Gasteiger partial charge in [-0.3, -0.25) is 9.69 Å². The van der Waals surface area contributed by atoms with Gasteiger partial charge in [0.15, 0.2) is 0 Å². The fourth-order valence-electron chi connectivity index (χ4n) is 4.45. The number of aliphatic hydroxyl groups is 1. The van der Waals surface area contributed by atoms with Crippen LogP contribution in [0.15, 0.2) is 49.1 Å². The van der Waals surface area contributed by atoms with Gasteiger partial charge in [0.25, 0.3) is 5.91 Å². The Hall–Kier alpha value is -2.31. The van der Waals surface area contributed by atoms with Crippen LogP contribution in [0.4, 0.5) is 0 Å². The number of carbonyl (C=O) groups excluding carboxylic acids is 1. The number of carbonyl (C=O) groups is 1. The maximum absolute atomic E-state index is 12.8. The fourth-order valence-corrected chi connectivity index (χ4v) is 4.45. The summed E-state index contributed by atoms with van der Waals surface area (Å²) in [5.41, 5.74) is 1.56. The number of likely N-dealkylation sites (tertiary alicyclic amines) is 2. The second-order valence-corrected chi connectivity index (χ2v) is 7.52. The van der Waals surface area contributed by atoms with E-state index in [0.29, 0.717) is 18.0 Å². The Morgan fingerprint density at radius 2 is 1.96 bits per heavy atom. The minimum atomic E-state index is -0.238. The van der Waals surface area contributed by atoms with Crippen LogP contribution < -0.4 is 0 Å². The van der Waals surface area contributed by atoms with E-state index in [0.717, 1.165) is 32.6 Å². The molecule has 2 saturated heterocycles. The molecule has 2 fully saturated rings. The molecule has 2 aromatic rings. The number of aromatic nitrogens is 2. The van der Waals surface area contributed by atoms with Crippen LogP contribution in [0.1, 0.15) is 22.3 Å². The van der Waals surface area contributed by atoms with Crippen molar-refractivity contribution in [2.24, 2.45) is 11.3 Å². The zero-order valence-corrected chi connectivity index (χ0v) is 14.8. The Bertz CT molecular complexity index is 755. The molecule has 1 aromatic heterocycles. The standard InChI is InChI=1S/C20H24N4O2/c25-14-20-12-23(10-16-4-2-1-3-5-16)11-18(20)6-7-24(13-20)19(26)17-8-21-15-22-9-17/h1-5,8-9,15,18,25H,6-7,10-14H2. The van der Waals surface area contributed by atoms with Crippen molar-refractivity contribution in [1.82, 2.24) is 19.8 Å². The third-order valence-corrected chi connectivity index (χ3v) is 5.79. The van der Waals surface area contributed by atoms with Gasteiger partial charge in [0.05, 0.1) is 12.2 Å². The second kappa shape index (κ2) is 7.13. The molecule has 2 atom stereocenters. The summed E-state index contributed by atoms with van der Waals surface area (Å²) in [4.78, 5) is 24.9. The van der Waals surface area contributed by atoms with E-state index in [1.165, 1.54) is 11.9 Å². The summed E-state index contributed by atoms with van der Waals surface area (Å²) < 4.78 is 0. The van der Waals surface area contributed by atoms with Crippen LogP contribution >= 0.6 is 0 Å². The number of amides is 1. The molecule has 6 heteroatoms. The molecule has 26 heavy (non-hydrogen) atoms. The zero-order valence-electron chi connectivity index (χ0n) is 14.8. The van der Waals surface area contributed by atoms with Gasteiger partial charge in [-0.1, -0.05) is 30.3 Å². The molecule has 1 amide bonds. The summed E-state index contributed by atoms with van der Waals surface area (Å²) >= 11 is 0. The monoisotopic (exact) mass is 352 g/mol. The van der Waals surface area contributed by atoms with Crippen molar-refractivity contribution in [2.75, 3.05) is 32.8 Å². The molecular weight excluding hydrogens is 328 g/mol. The third kappa shape index (κ3) is 3.22. The summed E-state index contributed by atoms with van der Waals surface area (Å²) in [7, 11) is 0. The maximum Gasteiger partial charge on any atom is 0.257 e. The lowest BCUT2D eigenvalue weighted by Gasteiger charge is -2.43. The molecule has 1 aromatic carbocycles. The zero-order chi connectivity index (χ0) is 18.0. The van der Waals surface area contributed by atoms with Crippen LogP contribution in [0.5, 0.6) is 0 Å². The molecule has 1 N–H and O–H groups in total. The minimum Gasteiger partial charge on any atom is -0.396 e. The molecular formula is C20H24N4O2. The molecule has 0 saturated carbocycles. The molecule has 2 aliphatic rings. The number of hydrogen-bond acceptors (Lipinski definition) is 5. The van der Waals surface area contributed by atoms with Crippen LogP contribution in [0, 0.1) is 11.3 Å². The van der Waals surface area contributed by atoms with E-state index in [4.69, 9.17) is 0 Å². The van der Waals surface area contributed by atoms with Crippen molar-refractivity contribution in [3.63, 3.8) is 0 Å². The average Bonchev–Trinajstić information content (AvgIpc) is 3.06. The normalized spacial score (nSPS) is 25.9. The van der Waals surface area contributed by atoms with Gasteiger partial charge in [-0.25, -0.2) is 9.97 Å². The lowest BCUT2D eigenvalue weighted by molar-refractivity contribution is 0.0117. The number of benzene rings is 1. The van der Waals surface area contributed by atoms with E-state index in [1.54, 1.807) is 12.4 Å². The summed E-state index contributed by atoms with van der Waals surface area (Å²) in [6, 6.07) is 10.4. The molecule has 4 rings (SSSR count). The quantitative estimate of drug-likeness (QED) is 0.902. The van der Waals surface area contributed by atoms with Gasteiger partial charge in [0, 0.05) is 50.5 Å². The number of hydrogen-bond donors (Lipinski definition) is 1. The van der Waals surface area contributed by atoms with E-state index >= 15 is 0 Å². The largest absolute Gasteiger partial charge is 0.396 e. The Labute approximate surface area is 153 Å². The predicted octanol–water partition coefficient (Wildman–Crippen LogP) is 1.43. The Kier molecular flexibility index (Phi) is 4.70. The van der Waals surface area contributed by atoms with Crippen molar-refractivity contribution < 1.29 is 9.90 Å². The van der Waals surface area contributed by atoms with Crippen LogP contribution in [0.3, 0.4) is 0 Å². The third-order valence-electron chi connectivity index (χ3n) is 5.79. The number of rotatable bonds is 4. The van der Waals surface area contributed by atoms with Gasteiger partial charge in [0.1, 0.15) is 6.33 Å². The van der Waals surface area contributed by atoms with Crippen LogP contribution in [0.25, 0.3) is 0 Å². The summed E-state index contributed by atoms with van der Waals surface area (Å²) in [5, 5.41) is 10.2. The van der Waals surface area contributed by atoms with Gasteiger partial charge in [-0.2, -0.15) is 0 Å². The predicted molar refractivity (Wildman–Crippen MR) is 97.3 cm³/mol. The summed E-state index contributed by atoms with van der Waals surface area (Å²) in [6.07, 6.45) is 5.47. The first kappa shape index (κ1) is 17.1. The van der Waals surface area contributed by atoms with E-state index in [2.05, 4.69) is 39.1 Å². The van der Waals surface area contributed by atoms with Crippen LogP contribution in [-0.4, -0.2) is 63.6 Å². The van der Waals surface area contributed by atoms with Crippen molar-refractivity contribution in [3.8, 4) is 0 Å². The minimum absolute atomic E-state index is 0.0432. The van der Waals surface area contributed by atoms with Gasteiger partial charge in [-0.05, 0) is 17.9 Å². The van der Waals surface area contributed by atoms with Crippen molar-refractivity contribution in [3.05, 3.63) is 60.2 Å². The number of fused-ring (bicyclic) bond motifs is 1. The Balaban J connectivity index is 1.48. The molecule has 2 aliphatic heterocycles. The SMILES string of the molecule is O=C(c1cncnc1)N1CCC2CN(Cc3ccccc3)CC2(CO)C1. The first-order chi connectivity index (χ1) is 12.7. The first-order valence-corrected chi connectivity index (χ1v) is 9.12. The molecule has 0 spiro atoms. The van der Waals surface area contributed by atoms with Gasteiger partial charge in [-0.15, -0.1) is 0 Å². The molecule has 0 aliphatic carbocycles. The van der Waals surface area contributed by atoms with E-state index in [1.807, 2.05) is 11.0 Å². The Morgan fingerprint density at radius 1 is 1.19 bits per heavy atom. The fraction of sp³-hybridized carbons (Fsp3) is 0.450. The van der Waals surface area contributed by atoms with Crippen LogP contribution in [0.2, 0.25) is 0 Å². The topological polar surface area (TPSA) is 69.6 Å². The van der Waals surface area contributed by atoms with Crippen LogP contribution in [-0.2, 0) is 6.54 Å². The number of nitrogens with zero attached hydrogens (tertiary/aromatic N) is 4. The highest BCUT2D eigenvalue weighted by atomic mass is 16.3. The van der Waals surface area contributed by atoms with Gasteiger partial charge in [0.2, 0.25) is 0 Å². The molecule has 136 valence electrons. The first-order valence-electron chi connectivity index (χ1n) is 9.12.